The topological polar surface area (TPSA) is 109 Å². The van der Waals surface area contributed by atoms with E-state index < -0.39 is 12.1 Å². The van der Waals surface area contributed by atoms with Crippen LogP contribution in [0.2, 0.25) is 0 Å². The molecule has 2 aliphatic heterocycles. The Bertz CT molecular complexity index is 801. The fourth-order valence-corrected chi connectivity index (χ4v) is 3.93. The van der Waals surface area contributed by atoms with Gasteiger partial charge < -0.3 is 20.1 Å². The number of fused-ring (bicyclic) bond motifs is 1. The Balaban J connectivity index is 0.000000339. The smallest absolute Gasteiger partial charge is 0.475 e. The third-order valence-electron chi connectivity index (χ3n) is 5.90. The van der Waals surface area contributed by atoms with Gasteiger partial charge in [0.25, 0.3) is 5.91 Å². The molecule has 1 saturated carbocycles. The molecule has 11 heteroatoms. The lowest BCUT2D eigenvalue weighted by molar-refractivity contribution is -0.192. The van der Waals surface area contributed by atoms with E-state index >= 15 is 0 Å². The van der Waals surface area contributed by atoms with E-state index in [4.69, 9.17) is 14.6 Å². The summed E-state index contributed by atoms with van der Waals surface area (Å²) in [5.74, 6) is -1.71. The third-order valence-corrected chi connectivity index (χ3v) is 5.90. The molecule has 170 valence electrons. The molecule has 0 spiro atoms. The second kappa shape index (κ2) is 9.63. The summed E-state index contributed by atoms with van der Waals surface area (Å²) < 4.78 is 37.6. The van der Waals surface area contributed by atoms with Crippen LogP contribution in [0.1, 0.15) is 29.6 Å². The second-order valence-electron chi connectivity index (χ2n) is 7.92. The van der Waals surface area contributed by atoms with Gasteiger partial charge in [-0.25, -0.2) is 4.79 Å². The maximum absolute atomic E-state index is 12.4. The summed E-state index contributed by atoms with van der Waals surface area (Å²) in [5, 5.41) is 10.1. The van der Waals surface area contributed by atoms with Gasteiger partial charge in [0.1, 0.15) is 0 Å². The van der Waals surface area contributed by atoms with Crippen LogP contribution < -0.4 is 5.32 Å². The van der Waals surface area contributed by atoms with Crippen LogP contribution in [-0.2, 0) is 14.3 Å². The minimum absolute atomic E-state index is 0.105. The summed E-state index contributed by atoms with van der Waals surface area (Å²) in [7, 11) is 0. The number of halogens is 3. The van der Waals surface area contributed by atoms with Crippen LogP contribution in [0.5, 0.6) is 0 Å². The highest BCUT2D eigenvalue weighted by molar-refractivity contribution is 5.93. The number of rotatable bonds is 4. The van der Waals surface area contributed by atoms with Gasteiger partial charge in [0, 0.05) is 49.8 Å². The first kappa shape index (κ1) is 23.0. The summed E-state index contributed by atoms with van der Waals surface area (Å²) in [4.78, 5) is 39.4. The van der Waals surface area contributed by atoms with E-state index in [0.29, 0.717) is 37.1 Å². The molecular formula is C20H24F3N3O5. The van der Waals surface area contributed by atoms with Crippen molar-refractivity contribution in [2.75, 3.05) is 26.2 Å². The number of amides is 2. The first-order chi connectivity index (χ1) is 14.7. The first-order valence-corrected chi connectivity index (χ1v) is 10.1. The van der Waals surface area contributed by atoms with Crippen molar-refractivity contribution in [3.63, 3.8) is 0 Å². The van der Waals surface area contributed by atoms with Crippen LogP contribution in [0, 0.1) is 17.8 Å². The third kappa shape index (κ3) is 5.72. The van der Waals surface area contributed by atoms with Gasteiger partial charge >= 0.3 is 12.1 Å². The van der Waals surface area contributed by atoms with E-state index in [9.17, 15) is 22.8 Å². The lowest BCUT2D eigenvalue weighted by Gasteiger charge is -2.29. The number of hydrogen-bond acceptors (Lipinski definition) is 5. The van der Waals surface area contributed by atoms with Gasteiger partial charge in [-0.2, -0.15) is 13.2 Å². The zero-order valence-electron chi connectivity index (χ0n) is 16.7. The Morgan fingerprint density at radius 3 is 2.52 bits per heavy atom. The lowest BCUT2D eigenvalue weighted by Crippen LogP contribution is -2.39. The Hall–Kier alpha value is -2.69. The summed E-state index contributed by atoms with van der Waals surface area (Å²) in [6.07, 6.45) is 1.52. The summed E-state index contributed by atoms with van der Waals surface area (Å²) >= 11 is 0. The molecule has 3 heterocycles. The molecule has 0 bridgehead atoms. The van der Waals surface area contributed by atoms with Gasteiger partial charge in [-0.1, -0.05) is 6.42 Å². The van der Waals surface area contributed by atoms with Crippen molar-refractivity contribution < 1.29 is 37.4 Å². The number of alkyl halides is 3. The lowest BCUT2D eigenvalue weighted by atomic mass is 9.84. The largest absolute Gasteiger partial charge is 0.490 e. The van der Waals surface area contributed by atoms with Crippen LogP contribution >= 0.6 is 0 Å². The van der Waals surface area contributed by atoms with Crippen molar-refractivity contribution in [3.05, 3.63) is 30.1 Å². The van der Waals surface area contributed by atoms with E-state index in [1.54, 1.807) is 24.5 Å². The van der Waals surface area contributed by atoms with Gasteiger partial charge in [0.15, 0.2) is 0 Å². The van der Waals surface area contributed by atoms with Crippen LogP contribution in [0.4, 0.5) is 13.2 Å². The molecule has 0 aromatic carbocycles. The summed E-state index contributed by atoms with van der Waals surface area (Å²) in [6, 6.07) is 3.51. The Morgan fingerprint density at radius 1 is 1.26 bits per heavy atom. The van der Waals surface area contributed by atoms with Crippen LogP contribution in [0.25, 0.3) is 0 Å². The van der Waals surface area contributed by atoms with Crippen molar-refractivity contribution in [2.45, 2.75) is 31.5 Å². The maximum Gasteiger partial charge on any atom is 0.490 e. The van der Waals surface area contributed by atoms with Gasteiger partial charge in [-0.15, -0.1) is 0 Å². The number of carbonyl (C=O) groups is 3. The van der Waals surface area contributed by atoms with E-state index in [2.05, 4.69) is 10.3 Å². The Labute approximate surface area is 176 Å². The number of carboxylic acid groups (broad SMARTS) is 1. The molecule has 2 amide bonds. The normalized spacial score (nSPS) is 25.1. The van der Waals surface area contributed by atoms with E-state index in [-0.39, 0.29) is 23.8 Å². The number of likely N-dealkylation sites (tertiary alicyclic amines) is 1. The quantitative estimate of drug-likeness (QED) is 0.734. The molecule has 1 aliphatic carbocycles. The van der Waals surface area contributed by atoms with Crippen molar-refractivity contribution in [1.29, 1.82) is 0 Å². The minimum atomic E-state index is -5.08. The molecule has 2 N–H and O–H groups in total. The minimum Gasteiger partial charge on any atom is -0.475 e. The second-order valence-corrected chi connectivity index (χ2v) is 7.92. The van der Waals surface area contributed by atoms with E-state index in [1.165, 1.54) is 6.42 Å². The average molecular weight is 443 g/mol. The first-order valence-electron chi connectivity index (χ1n) is 10.1. The zero-order chi connectivity index (χ0) is 22.6. The average Bonchev–Trinajstić information content (AvgIpc) is 3.26. The molecule has 31 heavy (non-hydrogen) atoms. The number of carbonyl (C=O) groups excluding carboxylic acids is 2. The number of aliphatic carboxylic acids is 1. The highest BCUT2D eigenvalue weighted by Crippen LogP contribution is 2.36. The number of hydrogen-bond donors (Lipinski definition) is 2. The number of nitrogens with zero attached hydrogens (tertiary/aromatic N) is 2. The van der Waals surface area contributed by atoms with Gasteiger partial charge in [0.2, 0.25) is 5.91 Å². The number of aromatic nitrogens is 1. The van der Waals surface area contributed by atoms with Gasteiger partial charge in [-0.05, 0) is 25.0 Å². The fourth-order valence-electron chi connectivity index (χ4n) is 3.93. The molecule has 8 nitrogen and oxygen atoms in total. The Morgan fingerprint density at radius 2 is 1.97 bits per heavy atom. The molecule has 4 rings (SSSR count). The standard InChI is InChI=1S/C18H23N3O3.C2HF3O2/c22-17(13-5-2-6-19-7-13)20-8-14-11-24-16-10-21(9-15(14)16)18(23)12-3-1-4-12;3-2(4,5)1(6)7/h2,5-7,12,14-16H,1,3-4,8-11H2,(H,20,22);(H,6,7)/t14-,15+,16+;/m0./s1. The molecule has 1 aromatic rings. The molecule has 3 fully saturated rings. The number of nitrogens with one attached hydrogen (secondary N) is 1. The van der Waals surface area contributed by atoms with Crippen LogP contribution in [0.15, 0.2) is 24.5 Å². The highest BCUT2D eigenvalue weighted by atomic mass is 19.4. The predicted octanol–water partition coefficient (Wildman–Crippen LogP) is 1.72. The number of carboxylic acids is 1. The van der Waals surface area contributed by atoms with Crippen molar-refractivity contribution in [2.24, 2.45) is 17.8 Å². The van der Waals surface area contributed by atoms with E-state index in [0.717, 1.165) is 19.4 Å². The molecule has 2 saturated heterocycles. The zero-order valence-corrected chi connectivity index (χ0v) is 16.7. The fraction of sp³-hybridized carbons (Fsp3) is 0.600. The van der Waals surface area contributed by atoms with Gasteiger partial charge in [0.05, 0.1) is 18.3 Å². The van der Waals surface area contributed by atoms with Crippen molar-refractivity contribution >= 4 is 17.8 Å². The SMILES string of the molecule is O=C(NC[C@H]1CO[C@@H]2CN(C(=O)C3CCC3)C[C@H]12)c1cccnc1.O=C(O)C(F)(F)F. The maximum atomic E-state index is 12.4. The van der Waals surface area contributed by atoms with E-state index in [1.807, 2.05) is 4.90 Å². The summed E-state index contributed by atoms with van der Waals surface area (Å²) in [6.45, 7) is 2.73. The molecule has 3 atom stereocenters. The predicted molar refractivity (Wildman–Crippen MR) is 101 cm³/mol. The number of pyridine rings is 1. The van der Waals surface area contributed by atoms with Crippen molar-refractivity contribution in [3.8, 4) is 0 Å². The Kier molecular flexibility index (Phi) is 7.14. The van der Waals surface area contributed by atoms with Crippen LogP contribution in [0.3, 0.4) is 0 Å². The highest BCUT2D eigenvalue weighted by Gasteiger charge is 2.46. The van der Waals surface area contributed by atoms with Crippen molar-refractivity contribution in [1.82, 2.24) is 15.2 Å². The molecule has 3 aliphatic rings. The molecule has 0 unspecified atom stereocenters. The molecular weight excluding hydrogens is 419 g/mol. The van der Waals surface area contributed by atoms with Gasteiger partial charge in [-0.3, -0.25) is 14.6 Å². The molecule has 1 aromatic heterocycles. The number of ether oxygens (including phenoxy) is 1. The van der Waals surface area contributed by atoms with Crippen LogP contribution in [-0.4, -0.2) is 71.3 Å². The monoisotopic (exact) mass is 443 g/mol. The molecule has 0 radical (unpaired) electrons. The summed E-state index contributed by atoms with van der Waals surface area (Å²) in [5.41, 5.74) is 0.571.